The van der Waals surface area contributed by atoms with Gasteiger partial charge in [-0.3, -0.25) is 4.90 Å². The van der Waals surface area contributed by atoms with Gasteiger partial charge in [0.25, 0.3) is 0 Å². The molecular weight excluding hydrogens is 319 g/mol. The maximum Gasteiger partial charge on any atom is 0.416 e. The molecule has 5 heteroatoms. The van der Waals surface area contributed by atoms with Gasteiger partial charge in [0.2, 0.25) is 0 Å². The van der Waals surface area contributed by atoms with E-state index in [-0.39, 0.29) is 11.7 Å². The molecule has 1 heterocycles. The van der Waals surface area contributed by atoms with E-state index in [1.54, 1.807) is 24.4 Å². The Kier molecular flexibility index (Phi) is 5.77. The molecule has 2 aromatic rings. The molecule has 0 saturated carbocycles. The Labute approximate surface area is 148 Å². The summed E-state index contributed by atoms with van der Waals surface area (Å²) in [6.07, 6.45) is 1.18. The quantitative estimate of drug-likeness (QED) is 0.757. The number of carbonyl (C=O) groups is 1. The molecule has 0 bridgehead atoms. The third kappa shape index (κ3) is 5.55. The summed E-state index contributed by atoms with van der Waals surface area (Å²) in [7, 11) is 0. The number of rotatable bonds is 4. The molecule has 0 atom stereocenters. The summed E-state index contributed by atoms with van der Waals surface area (Å²) >= 11 is 0. The Morgan fingerprint density at radius 3 is 2.48 bits per heavy atom. The van der Waals surface area contributed by atoms with Crippen molar-refractivity contribution in [1.82, 2.24) is 4.98 Å². The van der Waals surface area contributed by atoms with Crippen LogP contribution in [0.3, 0.4) is 0 Å². The number of amides is 1. The Morgan fingerprint density at radius 2 is 1.88 bits per heavy atom. The molecule has 0 unspecified atom stereocenters. The first kappa shape index (κ1) is 18.9. The number of halogens is 1. The monoisotopic (exact) mass is 344 g/mol. The number of benzene rings is 1. The van der Waals surface area contributed by atoms with Crippen LogP contribution < -0.4 is 4.90 Å². The highest BCUT2D eigenvalue weighted by atomic mass is 19.1. The molecule has 25 heavy (non-hydrogen) atoms. The Bertz CT molecular complexity index is 738. The van der Waals surface area contributed by atoms with Crippen LogP contribution in [-0.2, 0) is 4.74 Å². The van der Waals surface area contributed by atoms with Crippen LogP contribution in [0.15, 0.2) is 42.6 Å². The van der Waals surface area contributed by atoms with Gasteiger partial charge in [0.1, 0.15) is 17.2 Å². The zero-order valence-corrected chi connectivity index (χ0v) is 15.4. The van der Waals surface area contributed by atoms with Crippen LogP contribution in [0.2, 0.25) is 0 Å². The third-order valence-electron chi connectivity index (χ3n) is 3.34. The van der Waals surface area contributed by atoms with Gasteiger partial charge >= 0.3 is 6.09 Å². The van der Waals surface area contributed by atoms with E-state index in [9.17, 15) is 9.18 Å². The number of pyridine rings is 1. The van der Waals surface area contributed by atoms with Gasteiger partial charge in [-0.25, -0.2) is 14.2 Å². The predicted molar refractivity (Wildman–Crippen MR) is 98.0 cm³/mol. The van der Waals surface area contributed by atoms with E-state index in [0.717, 1.165) is 11.1 Å². The number of anilines is 1. The van der Waals surface area contributed by atoms with Crippen molar-refractivity contribution in [2.75, 3.05) is 11.4 Å². The van der Waals surface area contributed by atoms with Crippen molar-refractivity contribution in [1.29, 1.82) is 0 Å². The molecule has 1 aromatic heterocycles. The lowest BCUT2D eigenvalue weighted by Gasteiger charge is -2.28. The van der Waals surface area contributed by atoms with Gasteiger partial charge in [-0.2, -0.15) is 0 Å². The highest BCUT2D eigenvalue weighted by Gasteiger charge is 2.25. The minimum atomic E-state index is -0.591. The summed E-state index contributed by atoms with van der Waals surface area (Å²) in [4.78, 5) is 18.5. The Balaban J connectivity index is 2.37. The van der Waals surface area contributed by atoms with Crippen LogP contribution in [0.4, 0.5) is 15.0 Å². The molecule has 0 N–H and O–H groups in total. The van der Waals surface area contributed by atoms with Gasteiger partial charge in [0.15, 0.2) is 0 Å². The first-order valence-corrected chi connectivity index (χ1v) is 8.38. The van der Waals surface area contributed by atoms with Crippen LogP contribution in [0.5, 0.6) is 0 Å². The van der Waals surface area contributed by atoms with Crippen LogP contribution >= 0.6 is 0 Å². The van der Waals surface area contributed by atoms with Crippen molar-refractivity contribution in [3.8, 4) is 11.1 Å². The first-order valence-electron chi connectivity index (χ1n) is 8.38. The first-order chi connectivity index (χ1) is 11.7. The van der Waals surface area contributed by atoms with Crippen LogP contribution in [-0.4, -0.2) is 23.2 Å². The summed E-state index contributed by atoms with van der Waals surface area (Å²) in [6, 6.07) is 9.91. The summed E-state index contributed by atoms with van der Waals surface area (Å²) in [6.45, 7) is 10.0. The van der Waals surface area contributed by atoms with Gasteiger partial charge in [0, 0.05) is 12.7 Å². The number of ether oxygens (including phenoxy) is 1. The van der Waals surface area contributed by atoms with E-state index in [1.807, 2.05) is 40.7 Å². The Morgan fingerprint density at radius 1 is 1.20 bits per heavy atom. The van der Waals surface area contributed by atoms with E-state index in [0.29, 0.717) is 12.4 Å². The zero-order valence-electron chi connectivity index (χ0n) is 15.4. The maximum absolute atomic E-state index is 13.5. The van der Waals surface area contributed by atoms with Gasteiger partial charge in [-0.15, -0.1) is 0 Å². The number of aromatic nitrogens is 1. The fraction of sp³-hybridized carbons (Fsp3) is 0.400. The third-order valence-corrected chi connectivity index (χ3v) is 3.34. The summed E-state index contributed by atoms with van der Waals surface area (Å²) in [5.74, 6) is 0.430. The number of nitrogens with zero attached hydrogens (tertiary/aromatic N) is 2. The second-order valence-electron chi connectivity index (χ2n) is 7.40. The molecule has 0 aliphatic heterocycles. The molecule has 0 aliphatic rings. The number of hydrogen-bond donors (Lipinski definition) is 0. The van der Waals surface area contributed by atoms with Crippen molar-refractivity contribution in [3.63, 3.8) is 0 Å². The minimum absolute atomic E-state index is 0.243. The second kappa shape index (κ2) is 7.64. The molecule has 4 nitrogen and oxygen atoms in total. The number of hydrogen-bond acceptors (Lipinski definition) is 3. The SMILES string of the molecule is CC(C)CN(C(=O)OC(C)(C)C)c1cc(-c2cccc(F)c2)ccn1. The van der Waals surface area contributed by atoms with Crippen molar-refractivity contribution in [2.24, 2.45) is 5.92 Å². The lowest BCUT2D eigenvalue weighted by molar-refractivity contribution is 0.0575. The van der Waals surface area contributed by atoms with E-state index in [1.165, 1.54) is 17.0 Å². The second-order valence-corrected chi connectivity index (χ2v) is 7.40. The lowest BCUT2D eigenvalue weighted by Crippen LogP contribution is -2.39. The van der Waals surface area contributed by atoms with E-state index in [2.05, 4.69) is 4.98 Å². The fourth-order valence-corrected chi connectivity index (χ4v) is 2.36. The van der Waals surface area contributed by atoms with Gasteiger partial charge in [-0.1, -0.05) is 26.0 Å². The minimum Gasteiger partial charge on any atom is -0.443 e. The number of carbonyl (C=O) groups excluding carboxylic acids is 1. The van der Waals surface area contributed by atoms with Gasteiger partial charge < -0.3 is 4.74 Å². The maximum atomic E-state index is 13.5. The van der Waals surface area contributed by atoms with E-state index in [4.69, 9.17) is 4.74 Å². The van der Waals surface area contributed by atoms with E-state index < -0.39 is 11.7 Å². The van der Waals surface area contributed by atoms with Crippen molar-refractivity contribution in [3.05, 3.63) is 48.4 Å². The highest BCUT2D eigenvalue weighted by molar-refractivity contribution is 5.87. The summed E-state index contributed by atoms with van der Waals surface area (Å²) < 4.78 is 19.0. The molecule has 0 fully saturated rings. The molecule has 1 amide bonds. The van der Waals surface area contributed by atoms with Crippen molar-refractivity contribution in [2.45, 2.75) is 40.2 Å². The van der Waals surface area contributed by atoms with Crippen LogP contribution in [0.1, 0.15) is 34.6 Å². The van der Waals surface area contributed by atoms with Crippen LogP contribution in [0, 0.1) is 11.7 Å². The molecule has 0 radical (unpaired) electrons. The predicted octanol–water partition coefficient (Wildman–Crippen LogP) is 5.29. The molecule has 134 valence electrons. The van der Waals surface area contributed by atoms with Gasteiger partial charge in [-0.05, 0) is 62.1 Å². The average Bonchev–Trinajstić information content (AvgIpc) is 2.51. The normalized spacial score (nSPS) is 11.5. The van der Waals surface area contributed by atoms with Crippen molar-refractivity contribution >= 4 is 11.9 Å². The molecule has 0 spiro atoms. The van der Waals surface area contributed by atoms with Crippen LogP contribution in [0.25, 0.3) is 11.1 Å². The molecule has 0 saturated heterocycles. The smallest absolute Gasteiger partial charge is 0.416 e. The standard InChI is InChI=1S/C20H25FN2O2/c1-14(2)13-23(19(24)25-20(3,4)5)18-12-16(9-10-22-18)15-7-6-8-17(21)11-15/h6-12,14H,13H2,1-5H3. The zero-order chi connectivity index (χ0) is 18.6. The largest absolute Gasteiger partial charge is 0.443 e. The summed E-state index contributed by atoms with van der Waals surface area (Å²) in [5.41, 5.74) is 0.936. The molecule has 0 aliphatic carbocycles. The van der Waals surface area contributed by atoms with Crippen molar-refractivity contribution < 1.29 is 13.9 Å². The molecular formula is C20H25FN2O2. The topological polar surface area (TPSA) is 42.4 Å². The molecule has 1 aromatic carbocycles. The van der Waals surface area contributed by atoms with E-state index >= 15 is 0 Å². The summed E-state index contributed by atoms with van der Waals surface area (Å²) in [5, 5.41) is 0. The Hall–Kier alpha value is -2.43. The molecule has 2 rings (SSSR count). The average molecular weight is 344 g/mol. The fourth-order valence-electron chi connectivity index (χ4n) is 2.36. The van der Waals surface area contributed by atoms with Gasteiger partial charge in [0.05, 0.1) is 0 Å². The highest BCUT2D eigenvalue weighted by Crippen LogP contribution is 2.25. The lowest BCUT2D eigenvalue weighted by atomic mass is 10.1.